The predicted octanol–water partition coefficient (Wildman–Crippen LogP) is 5.97. The van der Waals surface area contributed by atoms with Crippen molar-refractivity contribution in [2.75, 3.05) is 10.6 Å². The van der Waals surface area contributed by atoms with Gasteiger partial charge >= 0.3 is 0 Å². The zero-order chi connectivity index (χ0) is 18.9. The van der Waals surface area contributed by atoms with E-state index in [-0.39, 0.29) is 11.4 Å². The Morgan fingerprint density at radius 2 is 1.67 bits per heavy atom. The third kappa shape index (κ3) is 3.71. The van der Waals surface area contributed by atoms with Crippen molar-refractivity contribution < 1.29 is 4.39 Å². The highest BCUT2D eigenvalue weighted by atomic mass is 19.1. The van der Waals surface area contributed by atoms with Gasteiger partial charge in [0.15, 0.2) is 0 Å². The third-order valence-electron chi connectivity index (χ3n) is 5.98. The quantitative estimate of drug-likeness (QED) is 0.688. The van der Waals surface area contributed by atoms with Gasteiger partial charge in [-0.25, -0.2) is 4.39 Å². The largest absolute Gasteiger partial charge is 0.371 e. The molecule has 1 fully saturated rings. The standard InChI is InChI=1S/C23H28FN3/c1-16-12-20-21(13-17(16)2)27-23(10-5-3-4-6-11-23)22(26-20)25-15-18-8-7-9-19(24)14-18/h7-9,12-14,27H,3-6,10-11,15H2,1-2H3,(H,25,26). The summed E-state index contributed by atoms with van der Waals surface area (Å²) in [6.45, 7) is 4.78. The molecule has 0 atom stereocenters. The monoisotopic (exact) mass is 365 g/mol. The van der Waals surface area contributed by atoms with E-state index in [0.29, 0.717) is 6.54 Å². The topological polar surface area (TPSA) is 36.4 Å². The number of rotatable bonds is 2. The first-order valence-corrected chi connectivity index (χ1v) is 10.0. The predicted molar refractivity (Wildman–Crippen MR) is 111 cm³/mol. The number of halogens is 1. The van der Waals surface area contributed by atoms with Gasteiger partial charge in [0.2, 0.25) is 0 Å². The number of hydrogen-bond donors (Lipinski definition) is 2. The van der Waals surface area contributed by atoms with Crippen molar-refractivity contribution in [3.63, 3.8) is 0 Å². The van der Waals surface area contributed by atoms with E-state index in [1.807, 2.05) is 6.07 Å². The van der Waals surface area contributed by atoms with E-state index < -0.39 is 0 Å². The van der Waals surface area contributed by atoms with Crippen LogP contribution in [0.25, 0.3) is 0 Å². The summed E-state index contributed by atoms with van der Waals surface area (Å²) in [5.74, 6) is 0.799. The Kier molecular flexibility index (Phi) is 4.90. The van der Waals surface area contributed by atoms with E-state index in [9.17, 15) is 4.39 Å². The first-order chi connectivity index (χ1) is 13.1. The summed E-state index contributed by atoms with van der Waals surface area (Å²) in [7, 11) is 0. The molecule has 1 aliphatic heterocycles. The van der Waals surface area contributed by atoms with E-state index in [0.717, 1.165) is 29.9 Å². The molecule has 0 radical (unpaired) electrons. The highest BCUT2D eigenvalue weighted by Crippen LogP contribution is 2.40. The van der Waals surface area contributed by atoms with E-state index in [1.54, 1.807) is 12.1 Å². The van der Waals surface area contributed by atoms with Gasteiger partial charge in [-0.15, -0.1) is 0 Å². The summed E-state index contributed by atoms with van der Waals surface area (Å²) in [6.07, 6.45) is 7.12. The molecule has 1 heterocycles. The highest BCUT2D eigenvalue weighted by Gasteiger charge is 2.40. The molecule has 2 aliphatic rings. The van der Waals surface area contributed by atoms with E-state index >= 15 is 0 Å². The van der Waals surface area contributed by atoms with Crippen molar-refractivity contribution >= 4 is 17.2 Å². The highest BCUT2D eigenvalue weighted by molar-refractivity contribution is 6.09. The number of fused-ring (bicyclic) bond motifs is 1. The van der Waals surface area contributed by atoms with Gasteiger partial charge in [0.25, 0.3) is 0 Å². The van der Waals surface area contributed by atoms with Crippen LogP contribution in [-0.2, 0) is 6.54 Å². The Hall–Kier alpha value is -2.36. The van der Waals surface area contributed by atoms with Crippen LogP contribution in [0.4, 0.5) is 15.8 Å². The van der Waals surface area contributed by atoms with Gasteiger partial charge in [-0.05, 0) is 67.6 Å². The van der Waals surface area contributed by atoms with Crippen LogP contribution >= 0.6 is 0 Å². The van der Waals surface area contributed by atoms with Crippen molar-refractivity contribution in [3.05, 3.63) is 58.9 Å². The molecule has 1 aliphatic carbocycles. The summed E-state index contributed by atoms with van der Waals surface area (Å²) in [4.78, 5) is 4.94. The molecule has 0 amide bonds. The fourth-order valence-electron chi connectivity index (χ4n) is 4.28. The Morgan fingerprint density at radius 3 is 2.37 bits per heavy atom. The Morgan fingerprint density at radius 1 is 0.963 bits per heavy atom. The summed E-state index contributed by atoms with van der Waals surface area (Å²) < 4.78 is 13.5. The SMILES string of the molecule is Cc1cc2c(cc1C)NC1(CCCCCC1)C(=NCc1cccc(F)c1)N2. The molecule has 2 aromatic rings. The van der Waals surface area contributed by atoms with Gasteiger partial charge in [0.1, 0.15) is 11.7 Å². The second-order valence-electron chi connectivity index (χ2n) is 8.02. The smallest absolute Gasteiger partial charge is 0.127 e. The molecule has 0 saturated heterocycles. The van der Waals surface area contributed by atoms with Crippen LogP contribution in [0.15, 0.2) is 41.4 Å². The number of aryl methyl sites for hydroxylation is 2. The summed E-state index contributed by atoms with van der Waals surface area (Å²) >= 11 is 0. The summed E-state index contributed by atoms with van der Waals surface area (Å²) in [6, 6.07) is 11.2. The molecule has 1 spiro atoms. The zero-order valence-corrected chi connectivity index (χ0v) is 16.2. The Balaban J connectivity index is 1.71. The fourth-order valence-corrected chi connectivity index (χ4v) is 4.28. The molecule has 1 saturated carbocycles. The average molecular weight is 365 g/mol. The minimum Gasteiger partial charge on any atom is -0.371 e. The lowest BCUT2D eigenvalue weighted by Gasteiger charge is -2.41. The van der Waals surface area contributed by atoms with Gasteiger partial charge in [-0.3, -0.25) is 4.99 Å². The number of nitrogens with zero attached hydrogens (tertiary/aromatic N) is 1. The number of aliphatic imine (C=N–C) groups is 1. The lowest BCUT2D eigenvalue weighted by atomic mass is 9.85. The van der Waals surface area contributed by atoms with Crippen molar-refractivity contribution in [2.45, 2.75) is 64.5 Å². The molecule has 4 rings (SSSR count). The molecule has 2 aromatic carbocycles. The van der Waals surface area contributed by atoms with Gasteiger partial charge in [0, 0.05) is 0 Å². The second-order valence-corrected chi connectivity index (χ2v) is 8.02. The number of benzene rings is 2. The number of amidine groups is 1. The lowest BCUT2D eigenvalue weighted by molar-refractivity contribution is 0.524. The van der Waals surface area contributed by atoms with Crippen LogP contribution in [0.3, 0.4) is 0 Å². The second kappa shape index (κ2) is 7.34. The van der Waals surface area contributed by atoms with Crippen LogP contribution in [-0.4, -0.2) is 11.4 Å². The maximum atomic E-state index is 13.5. The van der Waals surface area contributed by atoms with E-state index in [4.69, 9.17) is 4.99 Å². The Bertz CT molecular complexity index is 864. The molecule has 0 aromatic heterocycles. The lowest BCUT2D eigenvalue weighted by Crippen LogP contribution is -2.52. The van der Waals surface area contributed by atoms with Crippen LogP contribution in [0.5, 0.6) is 0 Å². The van der Waals surface area contributed by atoms with Gasteiger partial charge in [-0.2, -0.15) is 0 Å². The molecular weight excluding hydrogens is 337 g/mol. The fraction of sp³-hybridized carbons (Fsp3) is 0.435. The van der Waals surface area contributed by atoms with Crippen LogP contribution < -0.4 is 10.6 Å². The molecule has 142 valence electrons. The maximum absolute atomic E-state index is 13.5. The van der Waals surface area contributed by atoms with Gasteiger partial charge in [0.05, 0.1) is 23.5 Å². The molecule has 2 N–H and O–H groups in total. The maximum Gasteiger partial charge on any atom is 0.127 e. The molecule has 0 bridgehead atoms. The number of hydrogen-bond acceptors (Lipinski definition) is 2. The van der Waals surface area contributed by atoms with E-state index in [1.165, 1.54) is 48.6 Å². The molecule has 0 unspecified atom stereocenters. The van der Waals surface area contributed by atoms with Crippen LogP contribution in [0, 0.1) is 19.7 Å². The van der Waals surface area contributed by atoms with E-state index in [2.05, 4.69) is 36.6 Å². The first kappa shape index (κ1) is 18.0. The number of anilines is 2. The first-order valence-electron chi connectivity index (χ1n) is 10.0. The van der Waals surface area contributed by atoms with Crippen LogP contribution in [0.1, 0.15) is 55.2 Å². The minimum atomic E-state index is -0.206. The van der Waals surface area contributed by atoms with Crippen molar-refractivity contribution in [3.8, 4) is 0 Å². The number of nitrogens with one attached hydrogen (secondary N) is 2. The zero-order valence-electron chi connectivity index (χ0n) is 16.2. The Labute approximate surface area is 161 Å². The molecule has 27 heavy (non-hydrogen) atoms. The average Bonchev–Trinajstić information content (AvgIpc) is 2.88. The third-order valence-corrected chi connectivity index (χ3v) is 5.98. The molecular formula is C23H28FN3. The van der Waals surface area contributed by atoms with Gasteiger partial charge in [-0.1, -0.05) is 37.8 Å². The van der Waals surface area contributed by atoms with Crippen molar-refractivity contribution in [1.29, 1.82) is 0 Å². The van der Waals surface area contributed by atoms with Crippen molar-refractivity contribution in [2.24, 2.45) is 4.99 Å². The van der Waals surface area contributed by atoms with Crippen molar-refractivity contribution in [1.82, 2.24) is 0 Å². The van der Waals surface area contributed by atoms with Crippen LogP contribution in [0.2, 0.25) is 0 Å². The summed E-state index contributed by atoms with van der Waals surface area (Å²) in [5, 5.41) is 7.48. The normalized spacial score (nSPS) is 19.9. The molecule has 4 heteroatoms. The summed E-state index contributed by atoms with van der Waals surface area (Å²) in [5.41, 5.74) is 5.59. The molecule has 3 nitrogen and oxygen atoms in total. The van der Waals surface area contributed by atoms with Gasteiger partial charge < -0.3 is 10.6 Å². The minimum absolute atomic E-state index is 0.140.